The van der Waals surface area contributed by atoms with Crippen LogP contribution in [0.4, 0.5) is 0 Å². The molecule has 0 fully saturated rings. The van der Waals surface area contributed by atoms with Crippen molar-refractivity contribution < 1.29 is 9.90 Å². The zero-order valence-corrected chi connectivity index (χ0v) is 12.6. The molecule has 0 unspecified atom stereocenters. The van der Waals surface area contributed by atoms with E-state index < -0.39 is 5.97 Å². The van der Waals surface area contributed by atoms with Gasteiger partial charge >= 0.3 is 5.97 Å². The molecular formula is C12H15N3O2S2. The fourth-order valence-electron chi connectivity index (χ4n) is 1.94. The largest absolute Gasteiger partial charge is 0.481 e. The first kappa shape index (κ1) is 14.1. The minimum absolute atomic E-state index is 0.0408. The molecule has 0 aromatic carbocycles. The molecule has 0 aliphatic carbocycles. The molecule has 0 spiro atoms. The van der Waals surface area contributed by atoms with Crippen molar-refractivity contribution in [3.05, 3.63) is 16.8 Å². The lowest BCUT2D eigenvalue weighted by atomic mass is 10.1. The number of carboxylic acid groups (broad SMARTS) is 1. The third-order valence-corrected chi connectivity index (χ3v) is 4.75. The van der Waals surface area contributed by atoms with Crippen LogP contribution in [0.15, 0.2) is 9.72 Å². The van der Waals surface area contributed by atoms with E-state index in [2.05, 4.69) is 17.0 Å². The Morgan fingerprint density at radius 2 is 2.26 bits per heavy atom. The zero-order chi connectivity index (χ0) is 14.0. The molecule has 102 valence electrons. The molecule has 1 N–H and O–H groups in total. The van der Waals surface area contributed by atoms with E-state index >= 15 is 0 Å². The van der Waals surface area contributed by atoms with Crippen LogP contribution >= 0.6 is 23.1 Å². The van der Waals surface area contributed by atoms with Gasteiger partial charge < -0.3 is 5.11 Å². The van der Waals surface area contributed by atoms with Crippen molar-refractivity contribution in [3.63, 3.8) is 0 Å². The lowest BCUT2D eigenvalue weighted by molar-refractivity contribution is -0.133. The second-order valence-corrected chi connectivity index (χ2v) is 6.12. The van der Waals surface area contributed by atoms with Crippen molar-refractivity contribution in [1.82, 2.24) is 14.8 Å². The Bertz CT molecular complexity index is 604. The highest BCUT2D eigenvalue weighted by atomic mass is 32.2. The Balaban J connectivity index is 2.27. The van der Waals surface area contributed by atoms with Crippen LogP contribution in [-0.2, 0) is 11.3 Å². The Kier molecular flexibility index (Phi) is 4.26. The van der Waals surface area contributed by atoms with Gasteiger partial charge in [0, 0.05) is 23.2 Å². The highest BCUT2D eigenvalue weighted by molar-refractivity contribution is 8.01. The number of rotatable bonds is 5. The summed E-state index contributed by atoms with van der Waals surface area (Å²) in [7, 11) is 0. The summed E-state index contributed by atoms with van der Waals surface area (Å²) in [6.45, 7) is 6.88. The van der Waals surface area contributed by atoms with Crippen LogP contribution in [0.5, 0.6) is 0 Å². The van der Waals surface area contributed by atoms with Gasteiger partial charge in [0.1, 0.15) is 0 Å². The molecule has 19 heavy (non-hydrogen) atoms. The van der Waals surface area contributed by atoms with Gasteiger partial charge in [0.25, 0.3) is 0 Å². The standard InChI is InChI=1S/C12H15N3O2S2/c1-4-15-8(3)11(7(2)14-15)9-5-18-12(13-9)19-6-10(16)17/h5H,4,6H2,1-3H3,(H,16,17). The molecule has 0 aliphatic heterocycles. The average molecular weight is 297 g/mol. The normalized spacial score (nSPS) is 10.9. The van der Waals surface area contributed by atoms with Gasteiger partial charge in [0.15, 0.2) is 4.34 Å². The molecule has 0 saturated carbocycles. The van der Waals surface area contributed by atoms with E-state index in [0.717, 1.165) is 33.5 Å². The number of thiazole rings is 1. The van der Waals surface area contributed by atoms with E-state index in [-0.39, 0.29) is 5.75 Å². The van der Waals surface area contributed by atoms with Gasteiger partial charge in [0.05, 0.1) is 17.1 Å². The number of carboxylic acids is 1. The predicted molar refractivity (Wildman–Crippen MR) is 76.8 cm³/mol. The van der Waals surface area contributed by atoms with Gasteiger partial charge in [0.2, 0.25) is 0 Å². The second-order valence-electron chi connectivity index (χ2n) is 4.04. The van der Waals surface area contributed by atoms with E-state index in [0.29, 0.717) is 0 Å². The first-order valence-electron chi connectivity index (χ1n) is 5.87. The van der Waals surface area contributed by atoms with E-state index in [9.17, 15) is 4.79 Å². The van der Waals surface area contributed by atoms with Crippen LogP contribution in [0.3, 0.4) is 0 Å². The molecule has 0 amide bonds. The fraction of sp³-hybridized carbons (Fsp3) is 0.417. The molecule has 0 bridgehead atoms. The monoisotopic (exact) mass is 297 g/mol. The molecule has 2 aromatic rings. The summed E-state index contributed by atoms with van der Waals surface area (Å²) in [4.78, 5) is 15.0. The van der Waals surface area contributed by atoms with Crippen molar-refractivity contribution in [3.8, 4) is 11.3 Å². The quantitative estimate of drug-likeness (QED) is 0.859. The topological polar surface area (TPSA) is 68.0 Å². The number of aryl methyl sites for hydroxylation is 2. The summed E-state index contributed by atoms with van der Waals surface area (Å²) in [6, 6.07) is 0. The molecule has 0 radical (unpaired) electrons. The van der Waals surface area contributed by atoms with Crippen LogP contribution in [0.2, 0.25) is 0 Å². The summed E-state index contributed by atoms with van der Waals surface area (Å²) in [6.07, 6.45) is 0. The Morgan fingerprint density at radius 3 is 2.84 bits per heavy atom. The number of hydrogen-bond donors (Lipinski definition) is 1. The average Bonchev–Trinajstić information content (AvgIpc) is 2.91. The number of aliphatic carboxylic acids is 1. The van der Waals surface area contributed by atoms with Gasteiger partial charge in [-0.25, -0.2) is 4.98 Å². The third-order valence-electron chi connectivity index (χ3n) is 2.74. The number of nitrogens with zero attached hydrogens (tertiary/aromatic N) is 3. The summed E-state index contributed by atoms with van der Waals surface area (Å²) < 4.78 is 2.73. The number of hydrogen-bond acceptors (Lipinski definition) is 5. The molecular weight excluding hydrogens is 282 g/mol. The summed E-state index contributed by atoms with van der Waals surface area (Å²) >= 11 is 2.72. The number of thioether (sulfide) groups is 1. The van der Waals surface area contributed by atoms with Gasteiger partial charge in [-0.2, -0.15) is 5.10 Å². The smallest absolute Gasteiger partial charge is 0.313 e. The highest BCUT2D eigenvalue weighted by Crippen LogP contribution is 2.31. The summed E-state index contributed by atoms with van der Waals surface area (Å²) in [5.41, 5.74) is 3.99. The first-order valence-corrected chi connectivity index (χ1v) is 7.74. The molecule has 0 saturated heterocycles. The molecule has 0 aliphatic rings. The van der Waals surface area contributed by atoms with Crippen LogP contribution in [-0.4, -0.2) is 31.6 Å². The molecule has 0 atom stereocenters. The minimum atomic E-state index is -0.826. The van der Waals surface area contributed by atoms with Crippen molar-refractivity contribution in [1.29, 1.82) is 0 Å². The maximum atomic E-state index is 10.5. The Hall–Kier alpha value is -1.34. The van der Waals surface area contributed by atoms with Crippen LogP contribution < -0.4 is 0 Å². The maximum Gasteiger partial charge on any atom is 0.313 e. The second kappa shape index (κ2) is 5.75. The van der Waals surface area contributed by atoms with Crippen molar-refractivity contribution in [2.75, 3.05) is 5.75 Å². The van der Waals surface area contributed by atoms with Gasteiger partial charge in [-0.3, -0.25) is 9.48 Å². The lowest BCUT2D eigenvalue weighted by Gasteiger charge is -1.99. The van der Waals surface area contributed by atoms with Crippen LogP contribution in [0.1, 0.15) is 18.3 Å². The Morgan fingerprint density at radius 1 is 1.53 bits per heavy atom. The predicted octanol–water partition coefficient (Wildman–Crippen LogP) is 2.82. The molecule has 7 heteroatoms. The number of aromatic nitrogens is 3. The number of carbonyl (C=O) groups is 1. The van der Waals surface area contributed by atoms with Gasteiger partial charge in [-0.05, 0) is 20.8 Å². The van der Waals surface area contributed by atoms with E-state index in [4.69, 9.17) is 5.11 Å². The fourth-order valence-corrected chi connectivity index (χ4v) is 3.47. The first-order chi connectivity index (χ1) is 9.02. The van der Waals surface area contributed by atoms with Gasteiger partial charge in [-0.15, -0.1) is 11.3 Å². The molecule has 5 nitrogen and oxygen atoms in total. The highest BCUT2D eigenvalue weighted by Gasteiger charge is 2.16. The SMILES string of the molecule is CCn1nc(C)c(-c2csc(SCC(=O)O)n2)c1C. The summed E-state index contributed by atoms with van der Waals surface area (Å²) in [5.74, 6) is -0.785. The van der Waals surface area contributed by atoms with Crippen molar-refractivity contribution >= 4 is 29.1 Å². The van der Waals surface area contributed by atoms with E-state index in [1.165, 1.54) is 23.1 Å². The molecule has 2 rings (SSSR count). The molecule has 2 heterocycles. The minimum Gasteiger partial charge on any atom is -0.481 e. The van der Waals surface area contributed by atoms with E-state index in [1.54, 1.807) is 0 Å². The van der Waals surface area contributed by atoms with Crippen LogP contribution in [0, 0.1) is 13.8 Å². The van der Waals surface area contributed by atoms with Crippen LogP contribution in [0.25, 0.3) is 11.3 Å². The van der Waals surface area contributed by atoms with E-state index in [1.807, 2.05) is 23.9 Å². The Labute approximate surface area is 119 Å². The maximum absolute atomic E-state index is 10.5. The molecule has 2 aromatic heterocycles. The third kappa shape index (κ3) is 2.98. The zero-order valence-electron chi connectivity index (χ0n) is 11.0. The van der Waals surface area contributed by atoms with Crippen molar-refractivity contribution in [2.45, 2.75) is 31.7 Å². The lowest BCUT2D eigenvalue weighted by Crippen LogP contribution is -1.98. The summed E-state index contributed by atoms with van der Waals surface area (Å²) in [5, 5.41) is 15.1. The van der Waals surface area contributed by atoms with Crippen molar-refractivity contribution in [2.24, 2.45) is 0 Å². The van der Waals surface area contributed by atoms with Gasteiger partial charge in [-0.1, -0.05) is 11.8 Å².